The van der Waals surface area contributed by atoms with Crippen LogP contribution in [0.3, 0.4) is 0 Å². The van der Waals surface area contributed by atoms with Crippen LogP contribution in [0.1, 0.15) is 31.3 Å². The summed E-state index contributed by atoms with van der Waals surface area (Å²) in [5.74, 6) is 1.27. The van der Waals surface area contributed by atoms with Gasteiger partial charge in [0.25, 0.3) is 0 Å². The zero-order chi connectivity index (χ0) is 21.0. The van der Waals surface area contributed by atoms with Gasteiger partial charge in [0, 0.05) is 22.3 Å². The van der Waals surface area contributed by atoms with Gasteiger partial charge in [0.15, 0.2) is 11.0 Å². The van der Waals surface area contributed by atoms with Crippen LogP contribution in [-0.2, 0) is 22.3 Å². The summed E-state index contributed by atoms with van der Waals surface area (Å²) in [7, 11) is -3.71. The molecule has 0 radical (unpaired) electrons. The SMILES string of the molecule is CCn1c(SCc2ccc(Cl)cc2)nnc1[C@@H](C)NS(=O)(=O)c1ccc(Cl)cc1. The molecule has 1 N–H and O–H groups in total. The van der Waals surface area contributed by atoms with Crippen LogP contribution in [0.15, 0.2) is 58.6 Å². The van der Waals surface area contributed by atoms with Crippen molar-refractivity contribution in [2.45, 2.75) is 42.2 Å². The number of nitrogens with one attached hydrogen (secondary N) is 1. The number of hydrogen-bond donors (Lipinski definition) is 1. The first-order valence-corrected chi connectivity index (χ1v) is 12.1. The Balaban J connectivity index is 1.74. The summed E-state index contributed by atoms with van der Waals surface area (Å²) in [4.78, 5) is 0.147. The molecule has 0 amide bonds. The minimum absolute atomic E-state index is 0.147. The lowest BCUT2D eigenvalue weighted by atomic mass is 10.2. The van der Waals surface area contributed by atoms with E-state index in [0.717, 1.165) is 10.7 Å². The molecule has 0 spiro atoms. The number of rotatable bonds is 8. The second-order valence-corrected chi connectivity index (χ2v) is 9.83. The zero-order valence-electron chi connectivity index (χ0n) is 15.8. The second kappa shape index (κ2) is 9.49. The van der Waals surface area contributed by atoms with Gasteiger partial charge in [0.05, 0.1) is 10.9 Å². The summed E-state index contributed by atoms with van der Waals surface area (Å²) in [5.41, 5.74) is 1.11. The predicted octanol–water partition coefficient (Wildman–Crippen LogP) is 4.94. The fraction of sp³-hybridized carbons (Fsp3) is 0.263. The largest absolute Gasteiger partial charge is 0.305 e. The molecule has 1 heterocycles. The Hall–Kier alpha value is -1.58. The molecule has 0 saturated heterocycles. The molecule has 1 aromatic heterocycles. The molecule has 2 aromatic carbocycles. The molecule has 0 aliphatic carbocycles. The first-order chi connectivity index (χ1) is 13.8. The van der Waals surface area contributed by atoms with E-state index in [9.17, 15) is 8.42 Å². The third-order valence-corrected chi connectivity index (χ3v) is 7.28. The molecule has 0 aliphatic rings. The first-order valence-electron chi connectivity index (χ1n) is 8.88. The van der Waals surface area contributed by atoms with Crippen LogP contribution in [0.4, 0.5) is 0 Å². The van der Waals surface area contributed by atoms with E-state index in [1.54, 1.807) is 19.1 Å². The highest BCUT2D eigenvalue weighted by Gasteiger charge is 2.23. The van der Waals surface area contributed by atoms with Gasteiger partial charge in [0.1, 0.15) is 0 Å². The van der Waals surface area contributed by atoms with Crippen LogP contribution in [-0.4, -0.2) is 23.2 Å². The van der Waals surface area contributed by atoms with Gasteiger partial charge in [-0.15, -0.1) is 10.2 Å². The Kier molecular flexibility index (Phi) is 7.23. The van der Waals surface area contributed by atoms with Crippen molar-refractivity contribution in [2.24, 2.45) is 0 Å². The molecule has 6 nitrogen and oxygen atoms in total. The molecular formula is C19H20Cl2N4O2S2. The number of benzene rings is 2. The average molecular weight is 471 g/mol. The van der Waals surface area contributed by atoms with Gasteiger partial charge in [-0.3, -0.25) is 0 Å². The standard InChI is InChI=1S/C19H20Cl2N4O2S2/c1-3-25-18(13(2)24-29(26,27)17-10-8-16(21)9-11-17)22-23-19(25)28-12-14-4-6-15(20)7-5-14/h4-11,13,24H,3,12H2,1-2H3/t13-/m1/s1. The van der Waals surface area contributed by atoms with Crippen LogP contribution in [0.25, 0.3) is 0 Å². The summed E-state index contributed by atoms with van der Waals surface area (Å²) in [6.07, 6.45) is 0. The lowest BCUT2D eigenvalue weighted by Crippen LogP contribution is -2.29. The number of hydrogen-bond acceptors (Lipinski definition) is 5. The molecule has 0 bridgehead atoms. The van der Waals surface area contributed by atoms with Crippen molar-refractivity contribution in [1.82, 2.24) is 19.5 Å². The number of sulfonamides is 1. The third kappa shape index (κ3) is 5.52. The normalized spacial score (nSPS) is 12.8. The molecule has 1 atom stereocenters. The van der Waals surface area contributed by atoms with Gasteiger partial charge in [0.2, 0.25) is 10.0 Å². The highest BCUT2D eigenvalue weighted by molar-refractivity contribution is 7.98. The van der Waals surface area contributed by atoms with Crippen LogP contribution < -0.4 is 4.72 Å². The minimum Gasteiger partial charge on any atom is -0.305 e. The fourth-order valence-corrected chi connectivity index (χ4v) is 5.14. The maximum Gasteiger partial charge on any atom is 0.241 e. The monoisotopic (exact) mass is 470 g/mol. The van der Waals surface area contributed by atoms with Crippen LogP contribution in [0, 0.1) is 0 Å². The summed E-state index contributed by atoms with van der Waals surface area (Å²) >= 11 is 13.3. The van der Waals surface area contributed by atoms with Crippen molar-refractivity contribution in [1.29, 1.82) is 0 Å². The maximum atomic E-state index is 12.6. The summed E-state index contributed by atoms with van der Waals surface area (Å²) in [5, 5.41) is 10.4. The van der Waals surface area contributed by atoms with Crippen molar-refractivity contribution >= 4 is 45.0 Å². The van der Waals surface area contributed by atoms with Crippen LogP contribution in [0.5, 0.6) is 0 Å². The van der Waals surface area contributed by atoms with Crippen LogP contribution >= 0.6 is 35.0 Å². The first kappa shape index (κ1) is 22.1. The predicted molar refractivity (Wildman–Crippen MR) is 117 cm³/mol. The molecule has 154 valence electrons. The van der Waals surface area contributed by atoms with E-state index in [1.165, 1.54) is 23.9 Å². The number of nitrogens with zero attached hydrogens (tertiary/aromatic N) is 3. The van der Waals surface area contributed by atoms with Crippen molar-refractivity contribution in [2.75, 3.05) is 0 Å². The molecule has 3 aromatic rings. The Bertz CT molecular complexity index is 1070. The molecule has 0 fully saturated rings. The van der Waals surface area contributed by atoms with Gasteiger partial charge >= 0.3 is 0 Å². The highest BCUT2D eigenvalue weighted by atomic mass is 35.5. The van der Waals surface area contributed by atoms with E-state index in [4.69, 9.17) is 23.2 Å². The van der Waals surface area contributed by atoms with Gasteiger partial charge in [-0.05, 0) is 55.8 Å². The Morgan fingerprint density at radius 3 is 2.21 bits per heavy atom. The van der Waals surface area contributed by atoms with Gasteiger partial charge in [-0.1, -0.05) is 47.1 Å². The Morgan fingerprint density at radius 2 is 1.62 bits per heavy atom. The smallest absolute Gasteiger partial charge is 0.241 e. The number of halogens is 2. The summed E-state index contributed by atoms with van der Waals surface area (Å²) < 4.78 is 29.9. The second-order valence-electron chi connectivity index (χ2n) is 6.30. The lowest BCUT2D eigenvalue weighted by Gasteiger charge is -2.15. The Morgan fingerprint density at radius 1 is 1.03 bits per heavy atom. The zero-order valence-corrected chi connectivity index (χ0v) is 19.0. The van der Waals surface area contributed by atoms with E-state index in [0.29, 0.717) is 28.2 Å². The Labute approximate surface area is 184 Å². The van der Waals surface area contributed by atoms with Crippen molar-refractivity contribution < 1.29 is 8.42 Å². The third-order valence-electron chi connectivity index (χ3n) is 4.19. The molecule has 29 heavy (non-hydrogen) atoms. The minimum atomic E-state index is -3.71. The highest BCUT2D eigenvalue weighted by Crippen LogP contribution is 2.25. The summed E-state index contributed by atoms with van der Waals surface area (Å²) in [6, 6.07) is 13.1. The van der Waals surface area contributed by atoms with Gasteiger partial charge in [-0.2, -0.15) is 0 Å². The average Bonchev–Trinajstić information content (AvgIpc) is 3.10. The quantitative estimate of drug-likeness (QED) is 0.471. The van der Waals surface area contributed by atoms with E-state index in [-0.39, 0.29) is 4.90 Å². The van der Waals surface area contributed by atoms with Gasteiger partial charge < -0.3 is 4.57 Å². The molecule has 3 rings (SSSR count). The van der Waals surface area contributed by atoms with Crippen molar-refractivity contribution in [3.05, 3.63) is 70.0 Å². The van der Waals surface area contributed by atoms with Crippen molar-refractivity contribution in [3.63, 3.8) is 0 Å². The molecule has 0 saturated carbocycles. The number of thioether (sulfide) groups is 1. The topological polar surface area (TPSA) is 76.9 Å². The van der Waals surface area contributed by atoms with E-state index in [1.807, 2.05) is 35.8 Å². The maximum absolute atomic E-state index is 12.6. The van der Waals surface area contributed by atoms with Crippen LogP contribution in [0.2, 0.25) is 10.0 Å². The number of aromatic nitrogens is 3. The summed E-state index contributed by atoms with van der Waals surface area (Å²) in [6.45, 7) is 4.34. The van der Waals surface area contributed by atoms with Gasteiger partial charge in [-0.25, -0.2) is 13.1 Å². The van der Waals surface area contributed by atoms with E-state index < -0.39 is 16.1 Å². The van der Waals surface area contributed by atoms with Crippen molar-refractivity contribution in [3.8, 4) is 0 Å². The lowest BCUT2D eigenvalue weighted by molar-refractivity contribution is 0.539. The molecule has 0 aliphatic heterocycles. The fourth-order valence-electron chi connectivity index (χ4n) is 2.72. The van der Waals surface area contributed by atoms with E-state index >= 15 is 0 Å². The van der Waals surface area contributed by atoms with E-state index in [2.05, 4.69) is 14.9 Å². The molecular weight excluding hydrogens is 451 g/mol. The molecule has 0 unspecified atom stereocenters. The molecule has 10 heteroatoms.